The van der Waals surface area contributed by atoms with E-state index < -0.39 is 0 Å². The highest BCUT2D eigenvalue weighted by Gasteiger charge is 2.03. The summed E-state index contributed by atoms with van der Waals surface area (Å²) >= 11 is 0. The van der Waals surface area contributed by atoms with Crippen LogP contribution in [-0.4, -0.2) is 20.6 Å². The molecule has 0 radical (unpaired) electrons. The molecule has 4 N–H and O–H groups in total. The number of aromatic nitrogens is 3. The second-order valence-corrected chi connectivity index (χ2v) is 3.65. The Hall–Kier alpha value is -2.06. The highest BCUT2D eigenvalue weighted by atomic mass is 15.3. The second-order valence-electron chi connectivity index (χ2n) is 3.65. The molecule has 0 aliphatic heterocycles. The summed E-state index contributed by atoms with van der Waals surface area (Å²) in [4.78, 5) is 4.16. The highest BCUT2D eigenvalue weighted by Crippen LogP contribution is 2.10. The number of nitrogens with zero attached hydrogens (tertiary/aromatic N) is 3. The fourth-order valence-electron chi connectivity index (χ4n) is 1.30. The summed E-state index contributed by atoms with van der Waals surface area (Å²) < 4.78 is 1.63. The number of fused-ring (bicyclic) bond motifs is 1. The lowest BCUT2D eigenvalue weighted by atomic mass is 10.2. The van der Waals surface area contributed by atoms with Gasteiger partial charge in [-0.05, 0) is 18.9 Å². The van der Waals surface area contributed by atoms with Crippen molar-refractivity contribution in [2.24, 2.45) is 5.73 Å². The topological polar surface area (TPSA) is 82.2 Å². The van der Waals surface area contributed by atoms with Gasteiger partial charge in [0, 0.05) is 12.5 Å². The minimum Gasteiger partial charge on any atom is -0.396 e. The molecule has 0 spiro atoms. The summed E-state index contributed by atoms with van der Waals surface area (Å²) in [5.41, 5.74) is 13.3. The Balaban J connectivity index is 2.38. The Morgan fingerprint density at radius 1 is 1.56 bits per heavy atom. The van der Waals surface area contributed by atoms with Gasteiger partial charge in [0.15, 0.2) is 5.65 Å². The van der Waals surface area contributed by atoms with Crippen LogP contribution in [0.5, 0.6) is 0 Å². The third kappa shape index (κ3) is 1.97. The SMILES string of the molecule is CC(N)CC#Cc1cnc2c(N)ccnn12. The smallest absolute Gasteiger partial charge is 0.178 e. The molecule has 2 heterocycles. The first-order valence-corrected chi connectivity index (χ1v) is 5.01. The van der Waals surface area contributed by atoms with Crippen LogP contribution in [0.25, 0.3) is 5.65 Å². The van der Waals surface area contributed by atoms with Crippen LogP contribution < -0.4 is 11.5 Å². The van der Waals surface area contributed by atoms with Gasteiger partial charge in [-0.1, -0.05) is 5.92 Å². The van der Waals surface area contributed by atoms with E-state index >= 15 is 0 Å². The van der Waals surface area contributed by atoms with Crippen molar-refractivity contribution < 1.29 is 0 Å². The molecule has 16 heavy (non-hydrogen) atoms. The van der Waals surface area contributed by atoms with Crippen LogP contribution in [0.3, 0.4) is 0 Å². The molecule has 5 heteroatoms. The Labute approximate surface area is 93.5 Å². The molecule has 0 fully saturated rings. The van der Waals surface area contributed by atoms with E-state index in [1.54, 1.807) is 23.0 Å². The molecule has 2 aromatic heterocycles. The predicted octanol–water partition coefficient (Wildman–Crippen LogP) is 0.400. The van der Waals surface area contributed by atoms with E-state index in [1.807, 2.05) is 6.92 Å². The third-order valence-corrected chi connectivity index (χ3v) is 2.07. The minimum absolute atomic E-state index is 0.0738. The predicted molar refractivity (Wildman–Crippen MR) is 62.5 cm³/mol. The summed E-state index contributed by atoms with van der Waals surface area (Å²) in [5, 5.41) is 4.14. The fourth-order valence-corrected chi connectivity index (χ4v) is 1.30. The number of hydrogen-bond acceptors (Lipinski definition) is 4. The number of nitrogens with two attached hydrogens (primary N) is 2. The number of imidazole rings is 1. The Morgan fingerprint density at radius 2 is 2.38 bits per heavy atom. The number of nitrogen functional groups attached to an aromatic ring is 1. The normalized spacial score (nSPS) is 12.1. The van der Waals surface area contributed by atoms with E-state index in [2.05, 4.69) is 21.9 Å². The van der Waals surface area contributed by atoms with E-state index in [0.29, 0.717) is 17.8 Å². The van der Waals surface area contributed by atoms with Crippen LogP contribution in [0.2, 0.25) is 0 Å². The van der Waals surface area contributed by atoms with Crippen molar-refractivity contribution in [3.8, 4) is 11.8 Å². The van der Waals surface area contributed by atoms with Crippen molar-refractivity contribution in [2.45, 2.75) is 19.4 Å². The highest BCUT2D eigenvalue weighted by molar-refractivity contribution is 5.64. The molecule has 5 nitrogen and oxygen atoms in total. The lowest BCUT2D eigenvalue weighted by Gasteiger charge is -1.96. The first-order chi connectivity index (χ1) is 7.68. The van der Waals surface area contributed by atoms with E-state index in [0.717, 1.165) is 5.69 Å². The fraction of sp³-hybridized carbons (Fsp3) is 0.273. The third-order valence-electron chi connectivity index (χ3n) is 2.07. The van der Waals surface area contributed by atoms with Crippen molar-refractivity contribution in [1.29, 1.82) is 0 Å². The molecular weight excluding hydrogens is 202 g/mol. The zero-order chi connectivity index (χ0) is 11.5. The van der Waals surface area contributed by atoms with Crippen molar-refractivity contribution >= 4 is 11.3 Å². The lowest BCUT2D eigenvalue weighted by Crippen LogP contribution is -2.12. The first-order valence-electron chi connectivity index (χ1n) is 5.01. The van der Waals surface area contributed by atoms with E-state index in [4.69, 9.17) is 11.5 Å². The first kappa shape index (κ1) is 10.5. The molecule has 2 aromatic rings. The zero-order valence-electron chi connectivity index (χ0n) is 9.01. The molecule has 1 atom stereocenters. The molecule has 0 aromatic carbocycles. The minimum atomic E-state index is 0.0738. The van der Waals surface area contributed by atoms with E-state index in [9.17, 15) is 0 Å². The van der Waals surface area contributed by atoms with Crippen molar-refractivity contribution in [1.82, 2.24) is 14.6 Å². The average Bonchev–Trinajstić information content (AvgIpc) is 2.63. The maximum absolute atomic E-state index is 5.75. The molecule has 0 aliphatic rings. The lowest BCUT2D eigenvalue weighted by molar-refractivity contribution is 0.770. The molecule has 0 saturated heterocycles. The standard InChI is InChI=1S/C11H13N5/c1-8(12)3-2-4-9-7-14-11-10(13)5-6-15-16(9)11/h5-8H,3,12-13H2,1H3. The van der Waals surface area contributed by atoms with Crippen LogP contribution >= 0.6 is 0 Å². The quantitative estimate of drug-likeness (QED) is 0.674. The molecule has 0 saturated carbocycles. The summed E-state index contributed by atoms with van der Waals surface area (Å²) in [7, 11) is 0. The van der Waals surface area contributed by atoms with Gasteiger partial charge in [0.05, 0.1) is 18.1 Å². The number of rotatable bonds is 1. The molecule has 0 amide bonds. The largest absolute Gasteiger partial charge is 0.396 e. The van der Waals surface area contributed by atoms with Crippen molar-refractivity contribution in [2.75, 3.05) is 5.73 Å². The van der Waals surface area contributed by atoms with Gasteiger partial charge in [0.1, 0.15) is 5.69 Å². The molecule has 1 unspecified atom stereocenters. The van der Waals surface area contributed by atoms with Gasteiger partial charge in [-0.15, -0.1) is 0 Å². The molecule has 82 valence electrons. The molecule has 0 bridgehead atoms. The second kappa shape index (κ2) is 4.21. The summed E-state index contributed by atoms with van der Waals surface area (Å²) in [5.74, 6) is 5.96. The monoisotopic (exact) mass is 215 g/mol. The van der Waals surface area contributed by atoms with Gasteiger partial charge in [0.2, 0.25) is 0 Å². The van der Waals surface area contributed by atoms with Crippen LogP contribution in [-0.2, 0) is 0 Å². The Morgan fingerprint density at radius 3 is 3.12 bits per heavy atom. The number of anilines is 1. The molecule has 0 aliphatic carbocycles. The van der Waals surface area contributed by atoms with Crippen LogP contribution in [0.15, 0.2) is 18.5 Å². The van der Waals surface area contributed by atoms with Gasteiger partial charge in [-0.2, -0.15) is 5.10 Å². The summed E-state index contributed by atoms with van der Waals surface area (Å²) in [6, 6.07) is 1.78. The maximum Gasteiger partial charge on any atom is 0.178 e. The number of hydrogen-bond donors (Lipinski definition) is 2. The zero-order valence-corrected chi connectivity index (χ0v) is 9.01. The van der Waals surface area contributed by atoms with Gasteiger partial charge >= 0.3 is 0 Å². The van der Waals surface area contributed by atoms with Gasteiger partial charge < -0.3 is 11.5 Å². The summed E-state index contributed by atoms with van der Waals surface area (Å²) in [6.45, 7) is 1.92. The van der Waals surface area contributed by atoms with Crippen molar-refractivity contribution in [3.63, 3.8) is 0 Å². The summed E-state index contributed by atoms with van der Waals surface area (Å²) in [6.07, 6.45) is 3.93. The van der Waals surface area contributed by atoms with Crippen molar-refractivity contribution in [3.05, 3.63) is 24.2 Å². The maximum atomic E-state index is 5.75. The Bertz CT molecular complexity index is 558. The van der Waals surface area contributed by atoms with Gasteiger partial charge in [0.25, 0.3) is 0 Å². The average molecular weight is 215 g/mol. The van der Waals surface area contributed by atoms with Crippen LogP contribution in [0, 0.1) is 11.8 Å². The van der Waals surface area contributed by atoms with Crippen LogP contribution in [0.1, 0.15) is 19.0 Å². The Kier molecular flexibility index (Phi) is 2.75. The van der Waals surface area contributed by atoms with Gasteiger partial charge in [-0.25, -0.2) is 9.50 Å². The van der Waals surface area contributed by atoms with Gasteiger partial charge in [-0.3, -0.25) is 0 Å². The van der Waals surface area contributed by atoms with Crippen LogP contribution in [0.4, 0.5) is 5.69 Å². The molecular formula is C11H13N5. The van der Waals surface area contributed by atoms with E-state index in [-0.39, 0.29) is 6.04 Å². The van der Waals surface area contributed by atoms with E-state index in [1.165, 1.54) is 0 Å². The molecule has 2 rings (SSSR count).